The van der Waals surface area contributed by atoms with Gasteiger partial charge in [0.25, 0.3) is 0 Å². The summed E-state index contributed by atoms with van der Waals surface area (Å²) >= 11 is 0. The summed E-state index contributed by atoms with van der Waals surface area (Å²) in [7, 11) is -1.53. The molecule has 4 rings (SSSR count). The van der Waals surface area contributed by atoms with Crippen molar-refractivity contribution in [2.45, 2.75) is 24.8 Å². The summed E-state index contributed by atoms with van der Waals surface area (Å²) in [4.78, 5) is 12.1. The Morgan fingerprint density at radius 2 is 2.00 bits per heavy atom. The van der Waals surface area contributed by atoms with Crippen LogP contribution in [0.2, 0.25) is 0 Å². The molecule has 1 aromatic carbocycles. The summed E-state index contributed by atoms with van der Waals surface area (Å²) in [5.74, 6) is 0.837. The van der Waals surface area contributed by atoms with Gasteiger partial charge < -0.3 is 9.64 Å². The SMILES string of the molecule is CN=C(c1ccn[nH]1)c1nc(N2CCOC[C@H]2C)cc(-c2ccc(S(C)(=O)=O)cc2)c1C. The number of hydrogen-bond donors (Lipinski definition) is 1. The highest BCUT2D eigenvalue weighted by atomic mass is 32.2. The molecule has 8 nitrogen and oxygen atoms in total. The molecule has 0 unspecified atom stereocenters. The Morgan fingerprint density at radius 3 is 2.59 bits per heavy atom. The number of nitrogens with one attached hydrogen (secondary N) is 1. The number of aliphatic imine (C=N–C) groups is 1. The summed E-state index contributed by atoms with van der Waals surface area (Å²) in [6, 6.07) is 11.1. The zero-order valence-electron chi connectivity index (χ0n) is 18.7. The fraction of sp³-hybridized carbons (Fsp3) is 0.348. The Kier molecular flexibility index (Phi) is 6.12. The molecule has 9 heteroatoms. The summed E-state index contributed by atoms with van der Waals surface area (Å²) in [5, 5.41) is 7.05. The monoisotopic (exact) mass is 453 g/mol. The third kappa shape index (κ3) is 4.31. The number of rotatable bonds is 5. The smallest absolute Gasteiger partial charge is 0.175 e. The van der Waals surface area contributed by atoms with E-state index in [1.807, 2.05) is 25.1 Å². The number of H-pyrrole nitrogens is 1. The fourth-order valence-electron chi connectivity index (χ4n) is 3.96. The minimum atomic E-state index is -3.26. The van der Waals surface area contributed by atoms with E-state index in [0.717, 1.165) is 46.2 Å². The quantitative estimate of drug-likeness (QED) is 0.596. The lowest BCUT2D eigenvalue weighted by Crippen LogP contribution is -2.44. The average Bonchev–Trinajstić information content (AvgIpc) is 3.30. The largest absolute Gasteiger partial charge is 0.377 e. The number of morpholine rings is 1. The van der Waals surface area contributed by atoms with Crippen LogP contribution >= 0.6 is 0 Å². The van der Waals surface area contributed by atoms with Crippen LogP contribution in [0.4, 0.5) is 5.82 Å². The number of ether oxygens (including phenoxy) is 1. The number of anilines is 1. The van der Waals surface area contributed by atoms with Crippen molar-refractivity contribution in [3.05, 3.63) is 59.5 Å². The zero-order chi connectivity index (χ0) is 22.9. The Labute approximate surface area is 188 Å². The molecule has 1 N–H and O–H groups in total. The number of pyridine rings is 1. The highest BCUT2D eigenvalue weighted by Crippen LogP contribution is 2.32. The van der Waals surface area contributed by atoms with Crippen molar-refractivity contribution in [3.63, 3.8) is 0 Å². The number of aromatic amines is 1. The lowest BCUT2D eigenvalue weighted by molar-refractivity contribution is 0.0985. The number of aromatic nitrogens is 3. The van der Waals surface area contributed by atoms with Crippen LogP contribution in [0, 0.1) is 6.92 Å². The Bertz CT molecular complexity index is 1240. The van der Waals surface area contributed by atoms with E-state index in [-0.39, 0.29) is 6.04 Å². The van der Waals surface area contributed by atoms with Crippen LogP contribution in [0.1, 0.15) is 23.9 Å². The third-order valence-corrected chi connectivity index (χ3v) is 6.85. The van der Waals surface area contributed by atoms with E-state index < -0.39 is 9.84 Å². The van der Waals surface area contributed by atoms with Crippen molar-refractivity contribution in [2.75, 3.05) is 38.0 Å². The summed E-state index contributed by atoms with van der Waals surface area (Å²) in [6.07, 6.45) is 2.90. The molecule has 1 aliphatic heterocycles. The van der Waals surface area contributed by atoms with E-state index in [9.17, 15) is 8.42 Å². The highest BCUT2D eigenvalue weighted by Gasteiger charge is 2.24. The van der Waals surface area contributed by atoms with Gasteiger partial charge in [-0.15, -0.1) is 0 Å². The van der Waals surface area contributed by atoms with Gasteiger partial charge in [0, 0.05) is 26.0 Å². The van der Waals surface area contributed by atoms with E-state index >= 15 is 0 Å². The molecule has 0 amide bonds. The van der Waals surface area contributed by atoms with Gasteiger partial charge in [-0.1, -0.05) is 12.1 Å². The normalized spacial score (nSPS) is 17.6. The molecule has 0 saturated carbocycles. The molecule has 1 aliphatic rings. The van der Waals surface area contributed by atoms with Crippen LogP contribution in [0.5, 0.6) is 0 Å². The minimum absolute atomic E-state index is 0.182. The van der Waals surface area contributed by atoms with Gasteiger partial charge in [0.05, 0.1) is 35.5 Å². The van der Waals surface area contributed by atoms with Gasteiger partial charge in [-0.3, -0.25) is 10.1 Å². The molecular weight excluding hydrogens is 426 g/mol. The lowest BCUT2D eigenvalue weighted by Gasteiger charge is -2.35. The standard InChI is InChI=1S/C23H27N5O3S/c1-15-14-31-12-11-28(15)21-13-19(17-5-7-18(8-6-17)32(4,29)30)16(2)22(26-21)23(24-3)20-9-10-25-27-20/h5-10,13,15H,11-12,14H2,1-4H3,(H,25,27)/t15-/m1/s1. The van der Waals surface area contributed by atoms with E-state index in [1.54, 1.807) is 25.4 Å². The first-order valence-electron chi connectivity index (χ1n) is 10.4. The van der Waals surface area contributed by atoms with Crippen LogP contribution in [-0.2, 0) is 14.6 Å². The topological polar surface area (TPSA) is 101 Å². The Balaban J connectivity index is 1.90. The second kappa shape index (κ2) is 8.84. The first kappa shape index (κ1) is 22.2. The van der Waals surface area contributed by atoms with Crippen molar-refractivity contribution in [1.82, 2.24) is 15.2 Å². The number of sulfone groups is 1. The Hall–Kier alpha value is -3.04. The van der Waals surface area contributed by atoms with Gasteiger partial charge in [-0.25, -0.2) is 13.4 Å². The van der Waals surface area contributed by atoms with E-state index in [0.29, 0.717) is 18.1 Å². The van der Waals surface area contributed by atoms with Gasteiger partial charge in [0.2, 0.25) is 0 Å². The predicted molar refractivity (Wildman–Crippen MR) is 125 cm³/mol. The van der Waals surface area contributed by atoms with Crippen LogP contribution in [0.25, 0.3) is 11.1 Å². The maximum absolute atomic E-state index is 11.9. The van der Waals surface area contributed by atoms with E-state index in [1.165, 1.54) is 6.26 Å². The number of nitrogens with zero attached hydrogens (tertiary/aromatic N) is 4. The second-order valence-electron chi connectivity index (χ2n) is 7.96. The summed E-state index contributed by atoms with van der Waals surface area (Å²) in [5.41, 5.74) is 5.11. The number of benzene rings is 1. The molecule has 168 valence electrons. The van der Waals surface area contributed by atoms with Crippen molar-refractivity contribution in [2.24, 2.45) is 4.99 Å². The maximum atomic E-state index is 11.9. The molecule has 3 aromatic rings. The molecule has 0 aliphatic carbocycles. The summed E-state index contributed by atoms with van der Waals surface area (Å²) < 4.78 is 29.4. The van der Waals surface area contributed by atoms with Gasteiger partial charge in [-0.2, -0.15) is 5.10 Å². The first-order chi connectivity index (χ1) is 15.3. The molecule has 0 radical (unpaired) electrons. The van der Waals surface area contributed by atoms with Gasteiger partial charge in [0.15, 0.2) is 9.84 Å². The van der Waals surface area contributed by atoms with Gasteiger partial charge in [-0.05, 0) is 54.8 Å². The van der Waals surface area contributed by atoms with Gasteiger partial charge >= 0.3 is 0 Å². The molecule has 1 fully saturated rings. The highest BCUT2D eigenvalue weighted by molar-refractivity contribution is 7.90. The van der Waals surface area contributed by atoms with Crippen LogP contribution in [-0.4, -0.2) is 68.4 Å². The van der Waals surface area contributed by atoms with Crippen molar-refractivity contribution < 1.29 is 13.2 Å². The maximum Gasteiger partial charge on any atom is 0.175 e. The minimum Gasteiger partial charge on any atom is -0.377 e. The lowest BCUT2D eigenvalue weighted by atomic mass is 9.97. The molecule has 0 bridgehead atoms. The fourth-order valence-corrected chi connectivity index (χ4v) is 4.59. The Morgan fingerprint density at radius 1 is 1.25 bits per heavy atom. The second-order valence-corrected chi connectivity index (χ2v) is 9.97. The van der Waals surface area contributed by atoms with Gasteiger partial charge in [0.1, 0.15) is 11.5 Å². The molecule has 1 saturated heterocycles. The summed E-state index contributed by atoms with van der Waals surface area (Å²) in [6.45, 7) is 6.15. The van der Waals surface area contributed by atoms with Crippen LogP contribution in [0.3, 0.4) is 0 Å². The van der Waals surface area contributed by atoms with Crippen molar-refractivity contribution in [3.8, 4) is 11.1 Å². The zero-order valence-corrected chi connectivity index (χ0v) is 19.5. The van der Waals surface area contributed by atoms with Crippen LogP contribution < -0.4 is 4.90 Å². The van der Waals surface area contributed by atoms with E-state index in [4.69, 9.17) is 9.72 Å². The van der Waals surface area contributed by atoms with Crippen molar-refractivity contribution >= 4 is 21.4 Å². The molecular formula is C23H27N5O3S. The molecule has 0 spiro atoms. The predicted octanol–water partition coefficient (Wildman–Crippen LogP) is 2.88. The van der Waals surface area contributed by atoms with Crippen LogP contribution in [0.15, 0.2) is 52.5 Å². The van der Waals surface area contributed by atoms with E-state index in [2.05, 4.69) is 33.1 Å². The number of hydrogen-bond acceptors (Lipinski definition) is 7. The average molecular weight is 454 g/mol. The molecule has 2 aromatic heterocycles. The first-order valence-corrected chi connectivity index (χ1v) is 12.3. The molecule has 32 heavy (non-hydrogen) atoms. The third-order valence-electron chi connectivity index (χ3n) is 5.72. The van der Waals surface area contributed by atoms with Crippen molar-refractivity contribution in [1.29, 1.82) is 0 Å². The molecule has 1 atom stereocenters. The molecule has 3 heterocycles.